The molecule has 0 radical (unpaired) electrons. The minimum absolute atomic E-state index is 0.210. The first kappa shape index (κ1) is 16.5. The fourth-order valence-corrected chi connectivity index (χ4v) is 3.93. The van der Waals surface area contributed by atoms with E-state index in [2.05, 4.69) is 15.3 Å². The van der Waals surface area contributed by atoms with E-state index in [0.717, 1.165) is 28.1 Å². The van der Waals surface area contributed by atoms with Gasteiger partial charge in [0.25, 0.3) is 5.91 Å². The van der Waals surface area contributed by atoms with Crippen LogP contribution in [0, 0.1) is 0 Å². The van der Waals surface area contributed by atoms with Crippen LogP contribution in [0.1, 0.15) is 23.0 Å². The second-order valence-corrected chi connectivity index (χ2v) is 6.99. The Morgan fingerprint density at radius 3 is 2.50 bits per heavy atom. The van der Waals surface area contributed by atoms with Gasteiger partial charge in [-0.2, -0.15) is 0 Å². The lowest BCUT2D eigenvalue weighted by Crippen LogP contribution is -2.40. The van der Waals surface area contributed by atoms with Crippen LogP contribution in [0.5, 0.6) is 0 Å². The van der Waals surface area contributed by atoms with Crippen LogP contribution >= 0.6 is 0 Å². The van der Waals surface area contributed by atoms with Gasteiger partial charge in [-0.3, -0.25) is 10.1 Å². The lowest BCUT2D eigenvalue weighted by molar-refractivity contribution is -0.121. The van der Waals surface area contributed by atoms with Crippen molar-refractivity contribution < 1.29 is 9.59 Å². The molecule has 2 heterocycles. The van der Waals surface area contributed by atoms with Crippen molar-refractivity contribution in [3.05, 3.63) is 84.0 Å². The molecule has 2 atom stereocenters. The van der Waals surface area contributed by atoms with Crippen LogP contribution in [0.2, 0.25) is 0 Å². The fourth-order valence-electron chi connectivity index (χ4n) is 3.93. The van der Waals surface area contributed by atoms with Gasteiger partial charge in [-0.05, 0) is 22.8 Å². The predicted octanol–water partition coefficient (Wildman–Crippen LogP) is 3.31. The number of nitrogens with one attached hydrogen (secondary N) is 2. The third-order valence-corrected chi connectivity index (χ3v) is 5.32. The maximum Gasteiger partial charge on any atom is 0.325 e. The van der Waals surface area contributed by atoms with Gasteiger partial charge < -0.3 is 9.88 Å². The van der Waals surface area contributed by atoms with E-state index < -0.39 is 6.04 Å². The molecule has 3 amide bonds. The zero-order chi connectivity index (χ0) is 19.1. The molecular formula is C22H18N4O2. The normalized spacial score (nSPS) is 20.9. The number of hydrogen-bond donors (Lipinski definition) is 2. The van der Waals surface area contributed by atoms with Gasteiger partial charge >= 0.3 is 6.03 Å². The third kappa shape index (κ3) is 2.70. The molecule has 6 nitrogen and oxygen atoms in total. The van der Waals surface area contributed by atoms with Crippen LogP contribution in [-0.2, 0) is 11.2 Å². The average Bonchev–Trinajstić information content (AvgIpc) is 3.31. The van der Waals surface area contributed by atoms with Gasteiger partial charge in [-0.25, -0.2) is 9.78 Å². The van der Waals surface area contributed by atoms with Crippen LogP contribution in [0.4, 0.5) is 4.79 Å². The molecule has 138 valence electrons. The van der Waals surface area contributed by atoms with Crippen molar-refractivity contribution in [2.45, 2.75) is 18.5 Å². The molecule has 2 N–H and O–H groups in total. The first-order valence-corrected chi connectivity index (χ1v) is 9.20. The highest BCUT2D eigenvalue weighted by molar-refractivity contribution is 6.05. The SMILES string of the molecule is O=C1NC(=O)N(C2C=Cc3nc[nH]c3C2)C1c1ccc(-c2ccccc2)cc1. The molecule has 6 heteroatoms. The molecule has 1 saturated heterocycles. The second kappa shape index (κ2) is 6.49. The zero-order valence-corrected chi connectivity index (χ0v) is 15.0. The highest BCUT2D eigenvalue weighted by Gasteiger charge is 2.43. The topological polar surface area (TPSA) is 78.1 Å². The summed E-state index contributed by atoms with van der Waals surface area (Å²) in [6.45, 7) is 0. The minimum Gasteiger partial charge on any atom is -0.348 e. The summed E-state index contributed by atoms with van der Waals surface area (Å²) in [5, 5.41) is 2.47. The highest BCUT2D eigenvalue weighted by Crippen LogP contribution is 2.32. The number of hydrogen-bond acceptors (Lipinski definition) is 3. The standard InChI is InChI=1S/C22H18N4O2/c27-21-20(16-8-6-15(7-9-16)14-4-2-1-3-5-14)26(22(28)25-21)17-10-11-18-19(12-17)24-13-23-18/h1-11,13,17,20H,12H2,(H,23,24)(H,25,27,28). The molecule has 1 aromatic heterocycles. The number of H-pyrrole nitrogens is 1. The van der Waals surface area contributed by atoms with Crippen molar-refractivity contribution >= 4 is 18.0 Å². The number of aromatic nitrogens is 2. The molecule has 2 aromatic carbocycles. The number of aromatic amines is 1. The predicted molar refractivity (Wildman–Crippen MR) is 105 cm³/mol. The molecule has 28 heavy (non-hydrogen) atoms. The molecule has 1 aliphatic heterocycles. The number of nitrogens with zero attached hydrogens (tertiary/aromatic N) is 2. The highest BCUT2D eigenvalue weighted by atomic mass is 16.2. The van der Waals surface area contributed by atoms with Crippen LogP contribution in [0.3, 0.4) is 0 Å². The number of imidazole rings is 1. The molecule has 5 rings (SSSR count). The van der Waals surface area contributed by atoms with E-state index in [1.165, 1.54) is 0 Å². The number of imide groups is 1. The monoisotopic (exact) mass is 370 g/mol. The lowest BCUT2D eigenvalue weighted by Gasteiger charge is -2.30. The minimum atomic E-state index is -0.642. The molecule has 2 aliphatic rings. The van der Waals surface area contributed by atoms with Gasteiger partial charge in [0.2, 0.25) is 0 Å². The zero-order valence-electron chi connectivity index (χ0n) is 15.0. The number of urea groups is 1. The van der Waals surface area contributed by atoms with Crippen LogP contribution < -0.4 is 5.32 Å². The molecule has 0 spiro atoms. The number of carbonyl (C=O) groups is 2. The molecule has 2 unspecified atom stereocenters. The van der Waals surface area contributed by atoms with E-state index in [9.17, 15) is 9.59 Å². The maximum absolute atomic E-state index is 12.6. The Hall–Kier alpha value is -3.67. The lowest BCUT2D eigenvalue weighted by atomic mass is 9.97. The molecule has 1 fully saturated rings. The van der Waals surface area contributed by atoms with Crippen LogP contribution in [0.15, 0.2) is 67.0 Å². The van der Waals surface area contributed by atoms with Gasteiger partial charge in [0, 0.05) is 12.1 Å². The maximum atomic E-state index is 12.6. The molecular weight excluding hydrogens is 352 g/mol. The molecule has 1 aliphatic carbocycles. The first-order chi connectivity index (χ1) is 13.7. The number of amides is 3. The molecule has 3 aromatic rings. The van der Waals surface area contributed by atoms with Gasteiger partial charge in [-0.15, -0.1) is 0 Å². The van der Waals surface area contributed by atoms with E-state index >= 15 is 0 Å². The van der Waals surface area contributed by atoms with Crippen molar-refractivity contribution in [2.24, 2.45) is 0 Å². The first-order valence-electron chi connectivity index (χ1n) is 9.20. The Morgan fingerprint density at radius 2 is 1.71 bits per heavy atom. The van der Waals surface area contributed by atoms with Gasteiger partial charge in [0.1, 0.15) is 6.04 Å². The summed E-state index contributed by atoms with van der Waals surface area (Å²) in [5.74, 6) is -0.290. The quantitative estimate of drug-likeness (QED) is 0.695. The van der Waals surface area contributed by atoms with E-state index in [-0.39, 0.29) is 18.0 Å². The van der Waals surface area contributed by atoms with E-state index in [1.54, 1.807) is 11.2 Å². The second-order valence-electron chi connectivity index (χ2n) is 6.99. The summed E-state index contributed by atoms with van der Waals surface area (Å²) in [4.78, 5) is 34.1. The van der Waals surface area contributed by atoms with E-state index in [0.29, 0.717) is 6.42 Å². The van der Waals surface area contributed by atoms with Gasteiger partial charge in [0.05, 0.1) is 18.1 Å². The smallest absolute Gasteiger partial charge is 0.325 e. The summed E-state index contributed by atoms with van der Waals surface area (Å²) in [6.07, 6.45) is 6.08. The third-order valence-electron chi connectivity index (χ3n) is 5.32. The van der Waals surface area contributed by atoms with Gasteiger partial charge in [0.15, 0.2) is 0 Å². The van der Waals surface area contributed by atoms with Crippen molar-refractivity contribution in [2.75, 3.05) is 0 Å². The summed E-state index contributed by atoms with van der Waals surface area (Å²) in [6, 6.07) is 16.7. The Kier molecular flexibility index (Phi) is 3.83. The van der Waals surface area contributed by atoms with Crippen LogP contribution in [0.25, 0.3) is 17.2 Å². The van der Waals surface area contributed by atoms with Gasteiger partial charge in [-0.1, -0.05) is 60.7 Å². The Morgan fingerprint density at radius 1 is 0.964 bits per heavy atom. The molecule has 0 saturated carbocycles. The van der Waals surface area contributed by atoms with E-state index in [4.69, 9.17) is 0 Å². The molecule has 0 bridgehead atoms. The van der Waals surface area contributed by atoms with Crippen molar-refractivity contribution in [3.63, 3.8) is 0 Å². The number of carbonyl (C=O) groups excluding carboxylic acids is 2. The van der Waals surface area contributed by atoms with E-state index in [1.807, 2.05) is 66.7 Å². The van der Waals surface area contributed by atoms with Crippen molar-refractivity contribution in [1.29, 1.82) is 0 Å². The Balaban J connectivity index is 1.46. The summed E-state index contributed by atoms with van der Waals surface area (Å²) in [5.41, 5.74) is 4.83. The number of benzene rings is 2. The number of rotatable bonds is 3. The summed E-state index contributed by atoms with van der Waals surface area (Å²) in [7, 11) is 0. The average molecular weight is 370 g/mol. The summed E-state index contributed by atoms with van der Waals surface area (Å²) >= 11 is 0. The van der Waals surface area contributed by atoms with Crippen molar-refractivity contribution in [3.8, 4) is 11.1 Å². The number of fused-ring (bicyclic) bond motifs is 1. The van der Waals surface area contributed by atoms with Crippen molar-refractivity contribution in [1.82, 2.24) is 20.2 Å². The largest absolute Gasteiger partial charge is 0.348 e. The summed E-state index contributed by atoms with van der Waals surface area (Å²) < 4.78 is 0. The van der Waals surface area contributed by atoms with Crippen LogP contribution in [-0.4, -0.2) is 32.8 Å². The Labute approximate surface area is 161 Å². The Bertz CT molecular complexity index is 1070. The fraction of sp³-hybridized carbons (Fsp3) is 0.136.